The van der Waals surface area contributed by atoms with Gasteiger partial charge in [-0.05, 0) is 86.1 Å². The van der Waals surface area contributed by atoms with Gasteiger partial charge in [-0.15, -0.1) is 0 Å². The van der Waals surface area contributed by atoms with Gasteiger partial charge < -0.3 is 4.90 Å². The molecule has 0 heterocycles. The second-order valence-corrected chi connectivity index (χ2v) is 11.8. The van der Waals surface area contributed by atoms with Crippen LogP contribution in [0.3, 0.4) is 0 Å². The number of para-hydroxylation sites is 1. The lowest BCUT2D eigenvalue weighted by molar-refractivity contribution is 1.28. The average Bonchev–Trinajstić information content (AvgIpc) is 3.16. The maximum atomic E-state index is 2.37. The van der Waals surface area contributed by atoms with Crippen LogP contribution in [0.5, 0.6) is 0 Å². The lowest BCUT2D eigenvalue weighted by Gasteiger charge is -2.28. The number of nitrogens with zero attached hydrogens (tertiary/aromatic N) is 1. The molecule has 0 atom stereocenters. The Labute approximate surface area is 276 Å². The molecule has 0 aliphatic heterocycles. The molecule has 0 bridgehead atoms. The molecule has 0 unspecified atom stereocenters. The fourth-order valence-corrected chi connectivity index (χ4v) is 6.54. The van der Waals surface area contributed by atoms with Crippen molar-refractivity contribution < 1.29 is 0 Å². The highest BCUT2D eigenvalue weighted by Crippen LogP contribution is 2.42. The summed E-state index contributed by atoms with van der Waals surface area (Å²) in [6.07, 6.45) is 0. The normalized spacial score (nSPS) is 11.0. The van der Waals surface area contributed by atoms with Crippen LogP contribution in [0.15, 0.2) is 200 Å². The first-order chi connectivity index (χ1) is 23.3. The van der Waals surface area contributed by atoms with E-state index in [1.54, 1.807) is 0 Å². The van der Waals surface area contributed by atoms with Crippen LogP contribution in [0, 0.1) is 0 Å². The van der Waals surface area contributed by atoms with E-state index in [4.69, 9.17) is 0 Å². The summed E-state index contributed by atoms with van der Waals surface area (Å²) in [5.41, 5.74) is 13.0. The van der Waals surface area contributed by atoms with Gasteiger partial charge in [-0.1, -0.05) is 164 Å². The van der Waals surface area contributed by atoms with Crippen molar-refractivity contribution in [2.24, 2.45) is 0 Å². The van der Waals surface area contributed by atoms with E-state index < -0.39 is 0 Å². The highest BCUT2D eigenvalue weighted by atomic mass is 15.1. The second kappa shape index (κ2) is 12.7. The lowest BCUT2D eigenvalue weighted by atomic mass is 9.95. The third kappa shape index (κ3) is 5.72. The van der Waals surface area contributed by atoms with Crippen molar-refractivity contribution in [1.29, 1.82) is 0 Å². The van der Waals surface area contributed by atoms with E-state index in [9.17, 15) is 0 Å². The third-order valence-corrected chi connectivity index (χ3v) is 8.88. The van der Waals surface area contributed by atoms with E-state index in [0.29, 0.717) is 0 Å². The molecular weight excluding hydrogens is 567 g/mol. The number of benzene rings is 8. The molecule has 0 N–H and O–H groups in total. The van der Waals surface area contributed by atoms with Crippen molar-refractivity contribution in [2.75, 3.05) is 4.90 Å². The summed E-state index contributed by atoms with van der Waals surface area (Å²) in [7, 11) is 0. The van der Waals surface area contributed by atoms with Gasteiger partial charge in [-0.25, -0.2) is 0 Å². The predicted molar refractivity (Wildman–Crippen MR) is 200 cm³/mol. The van der Waals surface area contributed by atoms with Crippen molar-refractivity contribution in [3.05, 3.63) is 200 Å². The van der Waals surface area contributed by atoms with Crippen LogP contribution in [-0.4, -0.2) is 0 Å². The van der Waals surface area contributed by atoms with Crippen LogP contribution in [0.4, 0.5) is 17.1 Å². The highest BCUT2D eigenvalue weighted by Gasteiger charge is 2.17. The number of rotatable bonds is 7. The summed E-state index contributed by atoms with van der Waals surface area (Å²) in [5.74, 6) is 0. The zero-order chi connectivity index (χ0) is 31.4. The summed E-state index contributed by atoms with van der Waals surface area (Å²) in [6, 6.07) is 71.8. The molecule has 0 amide bonds. The SMILES string of the molecule is c1ccc(-c2ccc(N(c3ccc(-c4cccc(-c5cccc6ccccc56)c4)cc3)c3ccccc3-c3ccccc3)cc2)cc1. The first-order valence-electron chi connectivity index (χ1n) is 16.1. The number of hydrogen-bond acceptors (Lipinski definition) is 1. The van der Waals surface area contributed by atoms with Crippen LogP contribution in [0.2, 0.25) is 0 Å². The van der Waals surface area contributed by atoms with Crippen LogP contribution in [0.1, 0.15) is 0 Å². The second-order valence-electron chi connectivity index (χ2n) is 11.8. The van der Waals surface area contributed by atoms with Gasteiger partial charge in [0.15, 0.2) is 0 Å². The van der Waals surface area contributed by atoms with Crippen LogP contribution >= 0.6 is 0 Å². The maximum absolute atomic E-state index is 2.37. The molecule has 47 heavy (non-hydrogen) atoms. The standard InChI is InChI=1S/C46H33N/c1-3-13-34(14-4-1)35-25-29-41(30-26-35)47(46-24-10-9-22-45(46)38-15-5-2-6-16-38)42-31-27-36(28-32-42)39-19-11-20-40(33-39)44-23-12-18-37-17-7-8-21-43(37)44/h1-33H. The van der Waals surface area contributed by atoms with Gasteiger partial charge in [0.25, 0.3) is 0 Å². The van der Waals surface area contributed by atoms with E-state index in [-0.39, 0.29) is 0 Å². The van der Waals surface area contributed by atoms with E-state index in [2.05, 4.69) is 205 Å². The van der Waals surface area contributed by atoms with Crippen LogP contribution < -0.4 is 4.90 Å². The largest absolute Gasteiger partial charge is 0.310 e. The molecule has 8 aromatic rings. The van der Waals surface area contributed by atoms with Crippen molar-refractivity contribution in [3.63, 3.8) is 0 Å². The Hall–Kier alpha value is -6.18. The molecule has 0 aliphatic carbocycles. The Morgan fingerprint density at radius 3 is 1.47 bits per heavy atom. The fraction of sp³-hybridized carbons (Fsp3) is 0. The summed E-state index contributed by atoms with van der Waals surface area (Å²) in [5, 5.41) is 2.53. The predicted octanol–water partition coefficient (Wildman–Crippen LogP) is 13.0. The Bertz CT molecular complexity index is 2260. The van der Waals surface area contributed by atoms with E-state index in [1.165, 1.54) is 55.3 Å². The molecule has 0 aromatic heterocycles. The van der Waals surface area contributed by atoms with Gasteiger partial charge in [-0.2, -0.15) is 0 Å². The molecule has 1 nitrogen and oxygen atoms in total. The van der Waals surface area contributed by atoms with Gasteiger partial charge in [-0.3, -0.25) is 0 Å². The van der Waals surface area contributed by atoms with Crippen molar-refractivity contribution in [3.8, 4) is 44.5 Å². The maximum Gasteiger partial charge on any atom is 0.0540 e. The number of fused-ring (bicyclic) bond motifs is 1. The number of hydrogen-bond donors (Lipinski definition) is 0. The first kappa shape index (κ1) is 28.3. The summed E-state index contributed by atoms with van der Waals surface area (Å²) in [4.78, 5) is 2.37. The molecule has 1 heteroatoms. The molecular formula is C46H33N. The molecule has 0 saturated carbocycles. The molecule has 8 aromatic carbocycles. The Morgan fingerprint density at radius 2 is 0.745 bits per heavy atom. The molecule has 222 valence electrons. The molecule has 0 saturated heterocycles. The number of anilines is 3. The van der Waals surface area contributed by atoms with Gasteiger partial charge in [0.1, 0.15) is 0 Å². The van der Waals surface area contributed by atoms with Crippen molar-refractivity contribution in [2.45, 2.75) is 0 Å². The molecule has 0 spiro atoms. The van der Waals surface area contributed by atoms with E-state index in [0.717, 1.165) is 17.1 Å². The third-order valence-electron chi connectivity index (χ3n) is 8.88. The molecule has 8 rings (SSSR count). The van der Waals surface area contributed by atoms with Gasteiger partial charge in [0, 0.05) is 16.9 Å². The van der Waals surface area contributed by atoms with Crippen molar-refractivity contribution >= 4 is 27.8 Å². The topological polar surface area (TPSA) is 3.24 Å². The molecule has 0 aliphatic rings. The highest BCUT2D eigenvalue weighted by molar-refractivity contribution is 5.97. The van der Waals surface area contributed by atoms with Crippen LogP contribution in [0.25, 0.3) is 55.3 Å². The lowest BCUT2D eigenvalue weighted by Crippen LogP contribution is -2.11. The minimum atomic E-state index is 1.11. The van der Waals surface area contributed by atoms with E-state index >= 15 is 0 Å². The molecule has 0 fully saturated rings. The fourth-order valence-electron chi connectivity index (χ4n) is 6.54. The Balaban J connectivity index is 1.20. The van der Waals surface area contributed by atoms with E-state index in [1.807, 2.05) is 0 Å². The van der Waals surface area contributed by atoms with Gasteiger partial charge >= 0.3 is 0 Å². The van der Waals surface area contributed by atoms with Crippen LogP contribution in [-0.2, 0) is 0 Å². The van der Waals surface area contributed by atoms with Crippen molar-refractivity contribution in [1.82, 2.24) is 0 Å². The Kier molecular flexibility index (Phi) is 7.63. The summed E-state index contributed by atoms with van der Waals surface area (Å²) in [6.45, 7) is 0. The monoisotopic (exact) mass is 599 g/mol. The summed E-state index contributed by atoms with van der Waals surface area (Å²) >= 11 is 0. The minimum absolute atomic E-state index is 1.11. The minimum Gasteiger partial charge on any atom is -0.310 e. The van der Waals surface area contributed by atoms with Gasteiger partial charge in [0.05, 0.1) is 5.69 Å². The Morgan fingerprint density at radius 1 is 0.277 bits per heavy atom. The smallest absolute Gasteiger partial charge is 0.0540 e. The quantitative estimate of drug-likeness (QED) is 0.176. The van der Waals surface area contributed by atoms with Gasteiger partial charge in [0.2, 0.25) is 0 Å². The average molecular weight is 600 g/mol. The molecule has 0 radical (unpaired) electrons. The zero-order valence-corrected chi connectivity index (χ0v) is 26.0. The summed E-state index contributed by atoms with van der Waals surface area (Å²) < 4.78 is 0. The first-order valence-corrected chi connectivity index (χ1v) is 16.1. The zero-order valence-electron chi connectivity index (χ0n) is 26.0.